The van der Waals surface area contributed by atoms with Gasteiger partial charge in [0.15, 0.2) is 0 Å². The SMILES string of the molecule is O=C1OC(c2ccccc2)=C2CCC[C@@H]3CCCN1[C@H]23. The predicted octanol–water partition coefficient (Wildman–Crippen LogP) is 3.81. The lowest BCUT2D eigenvalue weighted by atomic mass is 9.74. The first-order valence-electron chi connectivity index (χ1n) is 7.61. The van der Waals surface area contributed by atoms with Crippen LogP contribution >= 0.6 is 0 Å². The largest absolute Gasteiger partial charge is 0.415 e. The predicted molar refractivity (Wildman–Crippen MR) is 76.9 cm³/mol. The van der Waals surface area contributed by atoms with E-state index < -0.39 is 0 Å². The Bertz CT molecular complexity index is 562. The van der Waals surface area contributed by atoms with E-state index in [9.17, 15) is 4.79 Å². The van der Waals surface area contributed by atoms with E-state index in [1.165, 1.54) is 24.8 Å². The fourth-order valence-electron chi connectivity index (χ4n) is 4.05. The number of carbonyl (C=O) groups is 1. The van der Waals surface area contributed by atoms with E-state index in [1.54, 1.807) is 0 Å². The number of piperidine rings is 1. The number of rotatable bonds is 1. The molecule has 0 N–H and O–H groups in total. The van der Waals surface area contributed by atoms with Gasteiger partial charge in [-0.25, -0.2) is 4.79 Å². The summed E-state index contributed by atoms with van der Waals surface area (Å²) in [5.41, 5.74) is 2.40. The van der Waals surface area contributed by atoms with Gasteiger partial charge >= 0.3 is 6.09 Å². The van der Waals surface area contributed by atoms with Crippen molar-refractivity contribution < 1.29 is 9.53 Å². The third-order valence-corrected chi connectivity index (χ3v) is 4.89. The second-order valence-corrected chi connectivity index (χ2v) is 6.02. The Morgan fingerprint density at radius 2 is 1.90 bits per heavy atom. The van der Waals surface area contributed by atoms with Crippen molar-refractivity contribution in [3.63, 3.8) is 0 Å². The Labute approximate surface area is 119 Å². The van der Waals surface area contributed by atoms with Gasteiger partial charge in [0.05, 0.1) is 6.04 Å². The van der Waals surface area contributed by atoms with Gasteiger partial charge < -0.3 is 9.64 Å². The van der Waals surface area contributed by atoms with Crippen molar-refractivity contribution in [3.05, 3.63) is 41.5 Å². The van der Waals surface area contributed by atoms with Gasteiger partial charge in [0.1, 0.15) is 5.76 Å². The van der Waals surface area contributed by atoms with Gasteiger partial charge in [-0.1, -0.05) is 30.3 Å². The molecular weight excluding hydrogens is 250 g/mol. The Morgan fingerprint density at radius 1 is 1.10 bits per heavy atom. The maximum Gasteiger partial charge on any atom is 0.415 e. The highest BCUT2D eigenvalue weighted by atomic mass is 16.6. The molecule has 0 radical (unpaired) electrons. The van der Waals surface area contributed by atoms with Gasteiger partial charge in [-0.15, -0.1) is 0 Å². The van der Waals surface area contributed by atoms with Crippen LogP contribution in [0.2, 0.25) is 0 Å². The number of hydrogen-bond donors (Lipinski definition) is 0. The van der Waals surface area contributed by atoms with Crippen LogP contribution in [0.1, 0.15) is 37.7 Å². The average molecular weight is 269 g/mol. The first kappa shape index (κ1) is 12.0. The maximum atomic E-state index is 12.3. The summed E-state index contributed by atoms with van der Waals surface area (Å²) in [5.74, 6) is 1.47. The summed E-state index contributed by atoms with van der Waals surface area (Å²) < 4.78 is 5.69. The van der Waals surface area contributed by atoms with Crippen molar-refractivity contribution in [2.45, 2.75) is 38.1 Å². The van der Waals surface area contributed by atoms with Crippen LogP contribution in [0.3, 0.4) is 0 Å². The van der Waals surface area contributed by atoms with Crippen molar-refractivity contribution in [1.29, 1.82) is 0 Å². The van der Waals surface area contributed by atoms with Crippen molar-refractivity contribution in [2.24, 2.45) is 5.92 Å². The molecule has 2 atom stereocenters. The summed E-state index contributed by atoms with van der Waals surface area (Å²) in [4.78, 5) is 14.3. The van der Waals surface area contributed by atoms with Gasteiger partial charge in [0, 0.05) is 12.1 Å². The number of benzene rings is 1. The Kier molecular flexibility index (Phi) is 2.79. The zero-order valence-corrected chi connectivity index (χ0v) is 11.5. The van der Waals surface area contributed by atoms with Gasteiger partial charge in [-0.3, -0.25) is 0 Å². The van der Waals surface area contributed by atoms with Crippen molar-refractivity contribution in [3.8, 4) is 0 Å². The summed E-state index contributed by atoms with van der Waals surface area (Å²) in [6.45, 7) is 0.853. The quantitative estimate of drug-likeness (QED) is 0.775. The fourth-order valence-corrected chi connectivity index (χ4v) is 4.05. The molecule has 2 fully saturated rings. The molecule has 1 saturated heterocycles. The normalized spacial score (nSPS) is 29.0. The lowest BCUT2D eigenvalue weighted by molar-refractivity contribution is 0.0654. The van der Waals surface area contributed by atoms with Gasteiger partial charge in [-0.2, -0.15) is 0 Å². The highest BCUT2D eigenvalue weighted by Gasteiger charge is 2.44. The molecule has 3 aliphatic rings. The van der Waals surface area contributed by atoms with E-state index in [4.69, 9.17) is 4.74 Å². The van der Waals surface area contributed by atoms with Crippen molar-refractivity contribution >= 4 is 11.9 Å². The minimum Gasteiger partial charge on any atom is -0.410 e. The molecule has 1 amide bonds. The lowest BCUT2D eigenvalue weighted by Crippen LogP contribution is -2.53. The summed E-state index contributed by atoms with van der Waals surface area (Å²) in [7, 11) is 0. The Morgan fingerprint density at radius 3 is 2.75 bits per heavy atom. The smallest absolute Gasteiger partial charge is 0.410 e. The first-order chi connectivity index (χ1) is 9.84. The van der Waals surface area contributed by atoms with E-state index in [-0.39, 0.29) is 6.09 Å². The number of cyclic esters (lactones) is 1. The van der Waals surface area contributed by atoms with Crippen molar-refractivity contribution in [2.75, 3.05) is 6.54 Å². The maximum absolute atomic E-state index is 12.3. The third-order valence-electron chi connectivity index (χ3n) is 4.89. The minimum atomic E-state index is -0.149. The van der Waals surface area contributed by atoms with Crippen LogP contribution < -0.4 is 0 Å². The monoisotopic (exact) mass is 269 g/mol. The highest BCUT2D eigenvalue weighted by Crippen LogP contribution is 2.44. The van der Waals surface area contributed by atoms with Crippen LogP contribution in [0.5, 0.6) is 0 Å². The molecule has 1 aromatic carbocycles. The molecule has 1 aliphatic carbocycles. The van der Waals surface area contributed by atoms with E-state index in [0.29, 0.717) is 12.0 Å². The molecule has 2 heterocycles. The fraction of sp³-hybridized carbons (Fsp3) is 0.471. The number of hydrogen-bond acceptors (Lipinski definition) is 2. The average Bonchev–Trinajstić information content (AvgIpc) is 2.52. The molecular formula is C17H19NO2. The molecule has 4 rings (SSSR count). The second kappa shape index (κ2) is 4.65. The van der Waals surface area contributed by atoms with Gasteiger partial charge in [0.2, 0.25) is 0 Å². The first-order valence-corrected chi connectivity index (χ1v) is 7.61. The molecule has 2 aliphatic heterocycles. The molecule has 0 bridgehead atoms. The van der Waals surface area contributed by atoms with Crippen LogP contribution in [-0.2, 0) is 4.74 Å². The minimum absolute atomic E-state index is 0.149. The zero-order chi connectivity index (χ0) is 13.5. The van der Waals surface area contributed by atoms with Crippen LogP contribution in [0, 0.1) is 5.92 Å². The molecule has 3 heteroatoms. The molecule has 20 heavy (non-hydrogen) atoms. The second-order valence-electron chi connectivity index (χ2n) is 6.02. The van der Waals surface area contributed by atoms with Gasteiger partial charge in [-0.05, 0) is 43.6 Å². The zero-order valence-electron chi connectivity index (χ0n) is 11.5. The summed E-state index contributed by atoms with van der Waals surface area (Å²) >= 11 is 0. The van der Waals surface area contributed by atoms with Crippen LogP contribution in [0.15, 0.2) is 35.9 Å². The summed E-state index contributed by atoms with van der Waals surface area (Å²) in [5, 5.41) is 0. The molecule has 1 aromatic rings. The van der Waals surface area contributed by atoms with E-state index in [0.717, 1.165) is 30.7 Å². The van der Waals surface area contributed by atoms with Crippen molar-refractivity contribution in [1.82, 2.24) is 4.90 Å². The molecule has 104 valence electrons. The molecule has 0 unspecified atom stereocenters. The van der Waals surface area contributed by atoms with Gasteiger partial charge in [0.25, 0.3) is 0 Å². The molecule has 0 spiro atoms. The van der Waals surface area contributed by atoms with Crippen LogP contribution in [-0.4, -0.2) is 23.6 Å². The van der Waals surface area contributed by atoms with E-state index in [1.807, 2.05) is 35.2 Å². The van der Waals surface area contributed by atoms with E-state index >= 15 is 0 Å². The number of amides is 1. The topological polar surface area (TPSA) is 29.5 Å². The number of ether oxygens (including phenoxy) is 1. The standard InChI is InChI=1S/C17H19NO2/c19-17-18-11-5-9-12-8-4-10-14(15(12)18)16(20-17)13-6-2-1-3-7-13/h1-3,6-7,12,15H,4-5,8-11H2/t12-,15+/m1/s1. The van der Waals surface area contributed by atoms with Crippen LogP contribution in [0.4, 0.5) is 4.79 Å². The molecule has 1 saturated carbocycles. The Hall–Kier alpha value is -1.77. The molecule has 3 nitrogen and oxygen atoms in total. The Balaban J connectivity index is 1.83. The molecule has 0 aromatic heterocycles. The number of nitrogens with zero attached hydrogens (tertiary/aromatic N) is 1. The third kappa shape index (κ3) is 1.76. The van der Waals surface area contributed by atoms with Crippen LogP contribution in [0.25, 0.3) is 5.76 Å². The number of carbonyl (C=O) groups excluding carboxylic acids is 1. The highest BCUT2D eigenvalue weighted by molar-refractivity contribution is 5.82. The summed E-state index contributed by atoms with van der Waals surface area (Å²) in [6.07, 6.45) is 5.75. The lowest BCUT2D eigenvalue weighted by Gasteiger charge is -2.47. The summed E-state index contributed by atoms with van der Waals surface area (Å²) in [6, 6.07) is 10.4. The van der Waals surface area contributed by atoms with E-state index in [2.05, 4.69) is 0 Å².